The van der Waals surface area contributed by atoms with Crippen molar-refractivity contribution >= 4 is 82.9 Å². The van der Waals surface area contributed by atoms with Crippen LogP contribution >= 0.6 is 11.8 Å². The van der Waals surface area contributed by atoms with Crippen molar-refractivity contribution in [2.45, 2.75) is 127 Å². The highest BCUT2D eigenvalue weighted by molar-refractivity contribution is 7.98. The maximum atomic E-state index is 14.0. The van der Waals surface area contributed by atoms with Gasteiger partial charge in [0.1, 0.15) is 36.3 Å². The van der Waals surface area contributed by atoms with E-state index in [1.807, 2.05) is 0 Å². The number of carboxylic acids is 3. The summed E-state index contributed by atoms with van der Waals surface area (Å²) in [6.45, 7) is 3.14. The number of carboxylic acid groups (broad SMARTS) is 3. The van der Waals surface area contributed by atoms with E-state index < -0.39 is 140 Å². The molecular weight excluding hydrogens is 881 g/mol. The third-order valence-corrected chi connectivity index (χ3v) is 9.87. The van der Waals surface area contributed by atoms with Crippen molar-refractivity contribution in [2.75, 3.05) is 25.1 Å². The number of aliphatic carboxylic acids is 3. The number of carbonyl (C=O) groups is 10. The Morgan fingerprint density at radius 3 is 1.22 bits per heavy atom. The number of hydrogen-bond donors (Lipinski definition) is 15. The monoisotopic (exact) mass is 946 g/mol. The maximum Gasteiger partial charge on any atom is 0.326 e. The quantitative estimate of drug-likeness (QED) is 0.0163. The molecule has 0 radical (unpaired) electrons. The molecule has 65 heavy (non-hydrogen) atoms. The zero-order chi connectivity index (χ0) is 49.8. The van der Waals surface area contributed by atoms with Crippen LogP contribution in [0.1, 0.15) is 84.5 Å². The van der Waals surface area contributed by atoms with E-state index in [2.05, 4.69) is 41.9 Å². The molecule has 0 spiro atoms. The number of amides is 7. The van der Waals surface area contributed by atoms with Crippen LogP contribution in [0.3, 0.4) is 0 Å². The van der Waals surface area contributed by atoms with E-state index in [4.69, 9.17) is 39.5 Å². The summed E-state index contributed by atoms with van der Waals surface area (Å²) in [7, 11) is 0. The fourth-order valence-corrected chi connectivity index (χ4v) is 6.16. The molecule has 0 saturated heterocycles. The van der Waals surface area contributed by atoms with Gasteiger partial charge in [-0.25, -0.2) is 4.79 Å². The van der Waals surface area contributed by atoms with Crippen LogP contribution in [-0.2, 0) is 47.9 Å². The predicted molar refractivity (Wildman–Crippen MR) is 237 cm³/mol. The summed E-state index contributed by atoms with van der Waals surface area (Å²) >= 11 is 1.27. The number of hydrogen-bond acceptors (Lipinski definition) is 14. The molecular formula is C37H66N14O13S. The van der Waals surface area contributed by atoms with Gasteiger partial charge >= 0.3 is 17.9 Å². The fraction of sp³-hybridized carbons (Fsp3) is 0.676. The fourth-order valence-electron chi connectivity index (χ4n) is 5.69. The average Bonchev–Trinajstić information content (AvgIpc) is 3.21. The summed E-state index contributed by atoms with van der Waals surface area (Å²) in [6, 6.07) is -10.1. The summed E-state index contributed by atoms with van der Waals surface area (Å²) in [4.78, 5) is 135. The number of nitrogens with zero attached hydrogens (tertiary/aromatic N) is 2. The first-order chi connectivity index (χ1) is 30.4. The van der Waals surface area contributed by atoms with Gasteiger partial charge in [0.25, 0.3) is 0 Å². The summed E-state index contributed by atoms with van der Waals surface area (Å²) in [6.07, 6.45) is -1.11. The number of guanidine groups is 2. The maximum absolute atomic E-state index is 14.0. The van der Waals surface area contributed by atoms with E-state index in [1.54, 1.807) is 20.1 Å². The molecule has 0 aliphatic carbocycles. The topological polar surface area (TPSA) is 484 Å². The molecule has 0 aromatic rings. The minimum Gasteiger partial charge on any atom is -0.481 e. The molecule has 0 unspecified atom stereocenters. The van der Waals surface area contributed by atoms with Crippen molar-refractivity contribution in [3.05, 3.63) is 0 Å². The molecule has 0 fully saturated rings. The minimum absolute atomic E-state index is 0.0140. The lowest BCUT2D eigenvalue weighted by Gasteiger charge is -2.28. The van der Waals surface area contributed by atoms with Gasteiger partial charge in [-0.1, -0.05) is 13.8 Å². The first-order valence-electron chi connectivity index (χ1n) is 20.5. The summed E-state index contributed by atoms with van der Waals surface area (Å²) in [5.41, 5.74) is 32.8. The normalized spacial score (nSPS) is 14.0. The molecule has 27 nitrogen and oxygen atoms in total. The Bertz CT molecular complexity index is 1710. The van der Waals surface area contributed by atoms with E-state index in [-0.39, 0.29) is 69.3 Å². The lowest BCUT2D eigenvalue weighted by atomic mass is 10.0. The first-order valence-corrected chi connectivity index (χ1v) is 21.9. The van der Waals surface area contributed by atoms with E-state index in [1.165, 1.54) is 11.8 Å². The molecule has 0 aliphatic rings. The highest BCUT2D eigenvalue weighted by Crippen LogP contribution is 2.10. The highest BCUT2D eigenvalue weighted by Gasteiger charge is 2.34. The lowest BCUT2D eigenvalue weighted by Crippen LogP contribution is -2.60. The second-order valence-corrected chi connectivity index (χ2v) is 16.0. The molecule has 368 valence electrons. The Labute approximate surface area is 379 Å². The second-order valence-electron chi connectivity index (χ2n) is 15.0. The Morgan fingerprint density at radius 1 is 0.508 bits per heavy atom. The summed E-state index contributed by atoms with van der Waals surface area (Å²) < 4.78 is 0. The van der Waals surface area contributed by atoms with Crippen LogP contribution in [0, 0.1) is 5.92 Å². The smallest absolute Gasteiger partial charge is 0.326 e. The van der Waals surface area contributed by atoms with Crippen molar-refractivity contribution < 1.29 is 63.3 Å². The van der Waals surface area contributed by atoms with Gasteiger partial charge in [-0.2, -0.15) is 11.8 Å². The molecule has 0 saturated carbocycles. The van der Waals surface area contributed by atoms with Gasteiger partial charge in [0.05, 0.1) is 6.04 Å². The number of primary amides is 1. The molecule has 7 atom stereocenters. The third kappa shape index (κ3) is 26.1. The highest BCUT2D eigenvalue weighted by atomic mass is 32.2. The minimum atomic E-state index is -1.59. The predicted octanol–water partition coefficient (Wildman–Crippen LogP) is -5.18. The molecule has 0 aliphatic heterocycles. The Balaban J connectivity index is 6.73. The molecule has 0 aromatic heterocycles. The van der Waals surface area contributed by atoms with Crippen molar-refractivity contribution in [1.29, 1.82) is 0 Å². The molecule has 21 N–H and O–H groups in total. The van der Waals surface area contributed by atoms with Crippen LogP contribution in [0.4, 0.5) is 0 Å². The number of carbonyl (C=O) groups excluding carboxylic acids is 7. The second kappa shape index (κ2) is 31.4. The van der Waals surface area contributed by atoms with Crippen molar-refractivity contribution in [3.63, 3.8) is 0 Å². The number of aliphatic imine (C=N–C) groups is 2. The summed E-state index contributed by atoms with van der Waals surface area (Å²) in [5, 5.41) is 42.5. The number of rotatable bonds is 34. The number of nitrogens with two attached hydrogens (primary N) is 6. The largest absolute Gasteiger partial charge is 0.481 e. The lowest BCUT2D eigenvalue weighted by molar-refractivity contribution is -0.143. The van der Waals surface area contributed by atoms with Gasteiger partial charge in [0.2, 0.25) is 41.4 Å². The van der Waals surface area contributed by atoms with Crippen LogP contribution in [0.5, 0.6) is 0 Å². The van der Waals surface area contributed by atoms with Crippen molar-refractivity contribution in [3.8, 4) is 0 Å². The molecule has 0 rings (SSSR count). The molecule has 0 heterocycles. The molecule has 28 heteroatoms. The van der Waals surface area contributed by atoms with Gasteiger partial charge in [-0.15, -0.1) is 0 Å². The zero-order valence-corrected chi connectivity index (χ0v) is 37.5. The van der Waals surface area contributed by atoms with Gasteiger partial charge in [-0.3, -0.25) is 53.1 Å². The summed E-state index contributed by atoms with van der Waals surface area (Å²) in [5.74, 6) is -11.3. The Morgan fingerprint density at radius 2 is 0.862 bits per heavy atom. The van der Waals surface area contributed by atoms with E-state index in [0.717, 1.165) is 0 Å². The van der Waals surface area contributed by atoms with Gasteiger partial charge in [0.15, 0.2) is 11.9 Å². The van der Waals surface area contributed by atoms with E-state index >= 15 is 0 Å². The SMILES string of the molecule is CSCC[C@H](NC(=O)[C@H](CCC(=O)O)NC(=O)[C@@H](N)CCC(=O)O)C(=O)N[C@@H](CCC(N)=O)C(=O)N[C@@H](CCCN=C(N)N)C(=O)N[C@@H](CCCN=C(N)N)C(=O)N[C@H](C(=O)O)C(C)C. The van der Waals surface area contributed by atoms with E-state index in [0.29, 0.717) is 0 Å². The van der Waals surface area contributed by atoms with Crippen LogP contribution in [0.2, 0.25) is 0 Å². The zero-order valence-electron chi connectivity index (χ0n) is 36.7. The molecule has 7 amide bonds. The average molecular weight is 947 g/mol. The first kappa shape index (κ1) is 58.6. The van der Waals surface area contributed by atoms with E-state index in [9.17, 15) is 58.2 Å². The Kier molecular flexibility index (Phi) is 28.3. The molecule has 0 bridgehead atoms. The number of nitrogens with one attached hydrogen (secondary N) is 6. The van der Waals surface area contributed by atoms with Crippen LogP contribution in [-0.4, -0.2) is 154 Å². The van der Waals surface area contributed by atoms with Crippen molar-refractivity contribution in [1.82, 2.24) is 31.9 Å². The van der Waals surface area contributed by atoms with Crippen LogP contribution in [0.25, 0.3) is 0 Å². The Hall–Kier alpha value is -6.45. The van der Waals surface area contributed by atoms with Gasteiger partial charge < -0.3 is 81.6 Å². The van der Waals surface area contributed by atoms with Crippen LogP contribution < -0.4 is 66.3 Å². The number of thioether (sulfide) groups is 1. The standard InChI is InChI=1S/C37H66N14O13S/c1-18(2)28(35(63)64)51-34(62)21(7-5-16-45-37(42)43)48-30(58)20(6-4-15-44-36(40)41)47-31(59)22(9-11-25(39)52)49-33(61)24(14-17-65-3)50-32(60)23(10-13-27(55)56)46-29(57)19(38)8-12-26(53)54/h18-24,28H,4-17,38H2,1-3H3,(H2,39,52)(H,46,57)(H,47,59)(H,48,58)(H,49,61)(H,50,60)(H,51,62)(H,53,54)(H,55,56)(H,63,64)(H4,40,41,44)(H4,42,43,45)/t19-,20-,21-,22-,23-,24-,28-/m0/s1. The van der Waals surface area contributed by atoms with Crippen molar-refractivity contribution in [2.24, 2.45) is 50.3 Å². The van der Waals surface area contributed by atoms with Gasteiger partial charge in [-0.05, 0) is 69.3 Å². The third-order valence-electron chi connectivity index (χ3n) is 9.23. The van der Waals surface area contributed by atoms with Gasteiger partial charge in [0, 0.05) is 32.4 Å². The molecule has 0 aromatic carbocycles. The van der Waals surface area contributed by atoms with Crippen LogP contribution in [0.15, 0.2) is 9.98 Å².